The van der Waals surface area contributed by atoms with Crippen LogP contribution in [-0.2, 0) is 0 Å². The number of allylic oxidation sites excluding steroid dienone is 5. The standard InChI is InChI=1S/C28H41N3O/c1-6-21(3)23(5)30-27(26-12-7-8-13-28(26)32)19-22(4)29-24-14-16-31(17-15-24)25-11-9-10-20(2)18-25/h6-8,12-13,19-20,24-25,29,32H,1,9-11,14-18H2,2-5H3/b22-19+,23-21+,30-27-. The fraction of sp³-hybridized carbons (Fsp3) is 0.536. The number of para-hydroxylation sites is 1. The molecule has 1 heterocycles. The quantitative estimate of drug-likeness (QED) is 0.396. The number of hydrogen-bond donors (Lipinski definition) is 2. The molecule has 4 nitrogen and oxygen atoms in total. The summed E-state index contributed by atoms with van der Waals surface area (Å²) in [6, 6.07) is 8.67. The molecule has 1 aromatic rings. The van der Waals surface area contributed by atoms with Gasteiger partial charge in [-0.3, -0.25) is 4.99 Å². The minimum atomic E-state index is 0.245. The van der Waals surface area contributed by atoms with Crippen LogP contribution in [0.2, 0.25) is 0 Å². The molecule has 1 aromatic carbocycles. The number of aromatic hydroxyl groups is 1. The lowest BCUT2D eigenvalue weighted by Gasteiger charge is -2.41. The highest BCUT2D eigenvalue weighted by molar-refractivity contribution is 6.11. The van der Waals surface area contributed by atoms with Crippen molar-refractivity contribution < 1.29 is 5.11 Å². The van der Waals surface area contributed by atoms with E-state index in [9.17, 15) is 5.11 Å². The topological polar surface area (TPSA) is 47.9 Å². The highest BCUT2D eigenvalue weighted by atomic mass is 16.3. The fourth-order valence-corrected chi connectivity index (χ4v) is 4.99. The van der Waals surface area contributed by atoms with Gasteiger partial charge < -0.3 is 15.3 Å². The van der Waals surface area contributed by atoms with Crippen LogP contribution in [-0.4, -0.2) is 40.9 Å². The minimum absolute atomic E-state index is 0.245. The lowest BCUT2D eigenvalue weighted by atomic mass is 9.85. The molecule has 0 amide bonds. The Kier molecular flexibility index (Phi) is 8.75. The summed E-state index contributed by atoms with van der Waals surface area (Å²) in [6.45, 7) is 14.7. The smallest absolute Gasteiger partial charge is 0.124 e. The van der Waals surface area contributed by atoms with Crippen LogP contribution in [0.1, 0.15) is 71.8 Å². The van der Waals surface area contributed by atoms with Crippen molar-refractivity contribution in [3.63, 3.8) is 0 Å². The van der Waals surface area contributed by atoms with Crippen molar-refractivity contribution in [2.75, 3.05) is 13.1 Å². The highest BCUT2D eigenvalue weighted by Gasteiger charge is 2.28. The molecule has 2 unspecified atom stereocenters. The zero-order valence-corrected chi connectivity index (χ0v) is 20.4. The van der Waals surface area contributed by atoms with E-state index in [-0.39, 0.29) is 5.75 Å². The molecule has 0 radical (unpaired) electrons. The number of phenols is 1. The molecule has 0 bridgehead atoms. The summed E-state index contributed by atoms with van der Waals surface area (Å²) >= 11 is 0. The molecular weight excluding hydrogens is 394 g/mol. The maximum absolute atomic E-state index is 10.4. The van der Waals surface area contributed by atoms with Gasteiger partial charge in [0, 0.05) is 42.1 Å². The molecule has 2 N–H and O–H groups in total. The van der Waals surface area contributed by atoms with Crippen molar-refractivity contribution in [3.8, 4) is 5.75 Å². The number of nitrogens with one attached hydrogen (secondary N) is 1. The molecule has 3 rings (SSSR count). The molecule has 4 heteroatoms. The second kappa shape index (κ2) is 11.5. The number of aliphatic imine (C=N–C) groups is 1. The number of likely N-dealkylation sites (tertiary alicyclic amines) is 1. The number of benzene rings is 1. The predicted molar refractivity (Wildman–Crippen MR) is 136 cm³/mol. The summed E-state index contributed by atoms with van der Waals surface area (Å²) in [5, 5.41) is 14.1. The average Bonchev–Trinajstić information content (AvgIpc) is 2.78. The molecule has 1 aliphatic heterocycles. The third-order valence-corrected chi connectivity index (χ3v) is 7.08. The SMILES string of the molecule is C=C/C(C)=C(C)/N=C(/C=C(\C)NC1CCN(C2CCCC(C)C2)CC1)c1ccccc1O. The number of nitrogens with zero attached hydrogens (tertiary/aromatic N) is 2. The third kappa shape index (κ3) is 6.59. The minimum Gasteiger partial charge on any atom is -0.507 e. The molecular formula is C28H41N3O. The Morgan fingerprint density at radius 1 is 1.12 bits per heavy atom. The molecule has 174 valence electrons. The molecule has 2 aliphatic rings. The Morgan fingerprint density at radius 2 is 1.84 bits per heavy atom. The summed E-state index contributed by atoms with van der Waals surface area (Å²) in [6.07, 6.45) is 11.8. The average molecular weight is 436 g/mol. The Morgan fingerprint density at radius 3 is 2.50 bits per heavy atom. The predicted octanol–water partition coefficient (Wildman–Crippen LogP) is 6.20. The Bertz CT molecular complexity index is 874. The van der Waals surface area contributed by atoms with E-state index in [4.69, 9.17) is 4.99 Å². The van der Waals surface area contributed by atoms with Crippen LogP contribution in [0, 0.1) is 5.92 Å². The molecule has 32 heavy (non-hydrogen) atoms. The second-order valence-electron chi connectivity index (χ2n) is 9.69. The first kappa shape index (κ1) is 24.3. The summed E-state index contributed by atoms with van der Waals surface area (Å²) in [4.78, 5) is 7.56. The van der Waals surface area contributed by atoms with Crippen LogP contribution in [0.15, 0.2) is 65.0 Å². The summed E-state index contributed by atoms with van der Waals surface area (Å²) in [5.41, 5.74) is 4.52. The lowest BCUT2D eigenvalue weighted by Crippen LogP contribution is -2.47. The zero-order chi connectivity index (χ0) is 23.1. The Labute approximate surface area is 194 Å². The van der Waals surface area contributed by atoms with Gasteiger partial charge in [0.15, 0.2) is 0 Å². The van der Waals surface area contributed by atoms with Crippen molar-refractivity contribution in [2.45, 2.75) is 78.3 Å². The van der Waals surface area contributed by atoms with Crippen LogP contribution < -0.4 is 5.32 Å². The second-order valence-corrected chi connectivity index (χ2v) is 9.69. The van der Waals surface area contributed by atoms with Gasteiger partial charge in [-0.15, -0.1) is 0 Å². The van der Waals surface area contributed by atoms with E-state index in [0.717, 1.165) is 40.2 Å². The number of hydrogen-bond acceptors (Lipinski definition) is 4. The first-order valence-electron chi connectivity index (χ1n) is 12.2. The normalized spacial score (nSPS) is 24.8. The number of piperidine rings is 1. The Hall–Kier alpha value is -2.33. The third-order valence-electron chi connectivity index (χ3n) is 7.08. The maximum atomic E-state index is 10.4. The Balaban J connectivity index is 1.69. The van der Waals surface area contributed by atoms with Crippen molar-refractivity contribution >= 4 is 5.71 Å². The van der Waals surface area contributed by atoms with Gasteiger partial charge in [-0.05, 0) is 76.2 Å². The van der Waals surface area contributed by atoms with Gasteiger partial charge in [0.1, 0.15) is 5.75 Å². The zero-order valence-electron chi connectivity index (χ0n) is 20.4. The molecule has 1 saturated heterocycles. The van der Waals surface area contributed by atoms with Crippen molar-refractivity contribution in [2.24, 2.45) is 10.9 Å². The summed E-state index contributed by atoms with van der Waals surface area (Å²) < 4.78 is 0. The first-order valence-corrected chi connectivity index (χ1v) is 12.2. The molecule has 1 aliphatic carbocycles. The van der Waals surface area contributed by atoms with Crippen LogP contribution in [0.3, 0.4) is 0 Å². The van der Waals surface area contributed by atoms with E-state index in [1.165, 1.54) is 51.6 Å². The fourth-order valence-electron chi connectivity index (χ4n) is 4.99. The van der Waals surface area contributed by atoms with E-state index in [2.05, 4.69) is 36.7 Å². The molecule has 2 atom stereocenters. The van der Waals surface area contributed by atoms with Gasteiger partial charge in [-0.1, -0.05) is 44.6 Å². The van der Waals surface area contributed by atoms with Gasteiger partial charge in [-0.2, -0.15) is 0 Å². The lowest BCUT2D eigenvalue weighted by molar-refractivity contribution is 0.102. The first-order chi connectivity index (χ1) is 15.4. The monoisotopic (exact) mass is 435 g/mol. The summed E-state index contributed by atoms with van der Waals surface area (Å²) in [7, 11) is 0. The van der Waals surface area contributed by atoms with E-state index in [0.29, 0.717) is 6.04 Å². The molecule has 0 spiro atoms. The van der Waals surface area contributed by atoms with Crippen LogP contribution in [0.25, 0.3) is 0 Å². The van der Waals surface area contributed by atoms with Gasteiger partial charge in [0.25, 0.3) is 0 Å². The highest BCUT2D eigenvalue weighted by Crippen LogP contribution is 2.29. The summed E-state index contributed by atoms with van der Waals surface area (Å²) in [5.74, 6) is 1.12. The van der Waals surface area contributed by atoms with Crippen LogP contribution in [0.5, 0.6) is 5.75 Å². The van der Waals surface area contributed by atoms with Gasteiger partial charge in [-0.25, -0.2) is 0 Å². The van der Waals surface area contributed by atoms with Crippen LogP contribution >= 0.6 is 0 Å². The largest absolute Gasteiger partial charge is 0.507 e. The van der Waals surface area contributed by atoms with E-state index >= 15 is 0 Å². The number of phenolic OH excluding ortho intramolecular Hbond substituents is 1. The van der Waals surface area contributed by atoms with Crippen LogP contribution in [0.4, 0.5) is 0 Å². The van der Waals surface area contributed by atoms with Gasteiger partial charge in [0.2, 0.25) is 0 Å². The number of rotatable bonds is 7. The molecule has 0 aromatic heterocycles. The van der Waals surface area contributed by atoms with Gasteiger partial charge >= 0.3 is 0 Å². The van der Waals surface area contributed by atoms with E-state index in [1.807, 2.05) is 38.1 Å². The van der Waals surface area contributed by atoms with E-state index in [1.54, 1.807) is 6.07 Å². The van der Waals surface area contributed by atoms with Crippen molar-refractivity contribution in [3.05, 3.63) is 65.5 Å². The molecule has 2 fully saturated rings. The maximum Gasteiger partial charge on any atom is 0.124 e. The van der Waals surface area contributed by atoms with Crippen molar-refractivity contribution in [1.82, 2.24) is 10.2 Å². The molecule has 1 saturated carbocycles. The van der Waals surface area contributed by atoms with E-state index < -0.39 is 0 Å². The van der Waals surface area contributed by atoms with Gasteiger partial charge in [0.05, 0.1) is 5.71 Å². The van der Waals surface area contributed by atoms with Crippen molar-refractivity contribution in [1.29, 1.82) is 0 Å².